The van der Waals surface area contributed by atoms with E-state index in [2.05, 4.69) is 37.4 Å². The second-order valence-electron chi connectivity index (χ2n) is 4.62. The minimum absolute atomic E-state index is 0.720. The molecular formula is C14H21N. The van der Waals surface area contributed by atoms with Crippen LogP contribution in [-0.2, 0) is 12.8 Å². The van der Waals surface area contributed by atoms with Crippen LogP contribution >= 0.6 is 0 Å². The van der Waals surface area contributed by atoms with Crippen LogP contribution in [0.25, 0.3) is 0 Å². The maximum absolute atomic E-state index is 3.58. The van der Waals surface area contributed by atoms with Crippen LogP contribution in [0.3, 0.4) is 0 Å². The molecule has 0 spiro atoms. The Morgan fingerprint density at radius 3 is 2.87 bits per heavy atom. The maximum Gasteiger partial charge on any atom is 0.0108 e. The molecule has 1 aromatic carbocycles. The highest BCUT2D eigenvalue weighted by molar-refractivity contribution is 5.32. The van der Waals surface area contributed by atoms with Gasteiger partial charge in [0, 0.05) is 6.04 Å². The van der Waals surface area contributed by atoms with Gasteiger partial charge in [-0.15, -0.1) is 0 Å². The summed E-state index contributed by atoms with van der Waals surface area (Å²) >= 11 is 0. The van der Waals surface area contributed by atoms with Crippen molar-refractivity contribution >= 4 is 0 Å². The molecule has 1 aliphatic heterocycles. The fourth-order valence-corrected chi connectivity index (χ4v) is 2.49. The second-order valence-corrected chi connectivity index (χ2v) is 4.62. The first-order valence-corrected chi connectivity index (χ1v) is 6.11. The first-order chi connectivity index (χ1) is 7.29. The van der Waals surface area contributed by atoms with Gasteiger partial charge in [0.2, 0.25) is 0 Å². The average Bonchev–Trinajstić information content (AvgIpc) is 2.71. The topological polar surface area (TPSA) is 12.0 Å². The molecule has 1 unspecified atom stereocenters. The van der Waals surface area contributed by atoms with E-state index in [9.17, 15) is 0 Å². The number of hydrogen-bond acceptors (Lipinski definition) is 1. The minimum Gasteiger partial charge on any atom is -0.314 e. The molecule has 1 aliphatic rings. The van der Waals surface area contributed by atoms with E-state index in [4.69, 9.17) is 0 Å². The maximum atomic E-state index is 3.58. The van der Waals surface area contributed by atoms with E-state index in [1.807, 2.05) is 0 Å². The van der Waals surface area contributed by atoms with Crippen molar-refractivity contribution in [1.29, 1.82) is 0 Å². The molecule has 0 bridgehead atoms. The molecule has 1 saturated heterocycles. The molecule has 0 aliphatic carbocycles. The summed E-state index contributed by atoms with van der Waals surface area (Å²) in [6.07, 6.45) is 5.06. The van der Waals surface area contributed by atoms with Gasteiger partial charge in [0.1, 0.15) is 0 Å². The van der Waals surface area contributed by atoms with Gasteiger partial charge in [0.05, 0.1) is 0 Å². The van der Waals surface area contributed by atoms with Gasteiger partial charge in [-0.25, -0.2) is 0 Å². The molecular weight excluding hydrogens is 182 g/mol. The number of hydrogen-bond donors (Lipinski definition) is 1. The Morgan fingerprint density at radius 2 is 2.20 bits per heavy atom. The summed E-state index contributed by atoms with van der Waals surface area (Å²) in [7, 11) is 0. The molecule has 1 fully saturated rings. The fourth-order valence-electron chi connectivity index (χ4n) is 2.49. The van der Waals surface area contributed by atoms with Crippen LogP contribution in [0.15, 0.2) is 18.2 Å². The van der Waals surface area contributed by atoms with E-state index in [1.54, 1.807) is 5.56 Å². The largest absolute Gasteiger partial charge is 0.314 e. The molecule has 1 aromatic rings. The average molecular weight is 203 g/mol. The molecule has 1 heteroatoms. The van der Waals surface area contributed by atoms with Gasteiger partial charge in [-0.3, -0.25) is 0 Å². The van der Waals surface area contributed by atoms with Crippen molar-refractivity contribution in [2.45, 2.75) is 45.6 Å². The minimum atomic E-state index is 0.720. The standard InChI is InChI=1S/C14H21N/c1-3-12-7-6-11(2)9-13(12)10-14-5-4-8-15-14/h6-7,9,14-15H,3-5,8,10H2,1-2H3. The lowest BCUT2D eigenvalue weighted by atomic mass is 9.96. The normalized spacial score (nSPS) is 20.8. The molecule has 1 nitrogen and oxygen atoms in total. The quantitative estimate of drug-likeness (QED) is 0.796. The van der Waals surface area contributed by atoms with Crippen LogP contribution in [0, 0.1) is 6.92 Å². The van der Waals surface area contributed by atoms with E-state index in [0.717, 1.165) is 12.5 Å². The smallest absolute Gasteiger partial charge is 0.0108 e. The summed E-state index contributed by atoms with van der Waals surface area (Å²) < 4.78 is 0. The van der Waals surface area contributed by atoms with E-state index >= 15 is 0 Å². The Kier molecular flexibility index (Phi) is 3.42. The van der Waals surface area contributed by atoms with Crippen molar-refractivity contribution in [3.63, 3.8) is 0 Å². The summed E-state index contributed by atoms with van der Waals surface area (Å²) in [5.74, 6) is 0. The van der Waals surface area contributed by atoms with Crippen LogP contribution in [0.4, 0.5) is 0 Å². The van der Waals surface area contributed by atoms with Gasteiger partial charge in [-0.05, 0) is 50.3 Å². The lowest BCUT2D eigenvalue weighted by molar-refractivity contribution is 0.600. The van der Waals surface area contributed by atoms with Crippen LogP contribution in [0.1, 0.15) is 36.5 Å². The second kappa shape index (κ2) is 4.80. The summed E-state index contributed by atoms with van der Waals surface area (Å²) in [6, 6.07) is 7.60. The zero-order valence-corrected chi connectivity index (χ0v) is 9.84. The third-order valence-corrected chi connectivity index (χ3v) is 3.37. The molecule has 0 amide bonds. The zero-order chi connectivity index (χ0) is 10.7. The zero-order valence-electron chi connectivity index (χ0n) is 9.84. The van der Waals surface area contributed by atoms with Gasteiger partial charge in [0.25, 0.3) is 0 Å². The fraction of sp³-hybridized carbons (Fsp3) is 0.571. The molecule has 1 N–H and O–H groups in total. The number of benzene rings is 1. The van der Waals surface area contributed by atoms with Gasteiger partial charge < -0.3 is 5.32 Å². The Balaban J connectivity index is 2.14. The Bertz CT molecular complexity index is 324. The third kappa shape index (κ3) is 2.60. The molecule has 1 heterocycles. The Labute approximate surface area is 92.9 Å². The molecule has 2 rings (SSSR count). The first kappa shape index (κ1) is 10.7. The number of nitrogens with one attached hydrogen (secondary N) is 1. The molecule has 0 aromatic heterocycles. The van der Waals surface area contributed by atoms with Gasteiger partial charge in [-0.1, -0.05) is 30.7 Å². The van der Waals surface area contributed by atoms with E-state index in [1.165, 1.54) is 36.9 Å². The highest BCUT2D eigenvalue weighted by Crippen LogP contribution is 2.18. The van der Waals surface area contributed by atoms with Gasteiger partial charge in [0.15, 0.2) is 0 Å². The SMILES string of the molecule is CCc1ccc(C)cc1CC1CCCN1. The van der Waals surface area contributed by atoms with E-state index in [-0.39, 0.29) is 0 Å². The monoisotopic (exact) mass is 203 g/mol. The highest BCUT2D eigenvalue weighted by Gasteiger charge is 2.15. The predicted octanol–water partition coefficient (Wildman–Crippen LogP) is 2.85. The van der Waals surface area contributed by atoms with Crippen LogP contribution in [-0.4, -0.2) is 12.6 Å². The summed E-state index contributed by atoms with van der Waals surface area (Å²) in [5, 5.41) is 3.58. The molecule has 0 saturated carbocycles. The van der Waals surface area contributed by atoms with Crippen LogP contribution in [0.5, 0.6) is 0 Å². The van der Waals surface area contributed by atoms with E-state index in [0.29, 0.717) is 0 Å². The number of rotatable bonds is 3. The molecule has 0 radical (unpaired) electrons. The van der Waals surface area contributed by atoms with Gasteiger partial charge in [-0.2, -0.15) is 0 Å². The first-order valence-electron chi connectivity index (χ1n) is 6.11. The summed E-state index contributed by atoms with van der Waals surface area (Å²) in [6.45, 7) is 5.64. The summed E-state index contributed by atoms with van der Waals surface area (Å²) in [5.41, 5.74) is 4.46. The van der Waals surface area contributed by atoms with Crippen LogP contribution in [0.2, 0.25) is 0 Å². The van der Waals surface area contributed by atoms with Crippen molar-refractivity contribution in [2.75, 3.05) is 6.54 Å². The van der Waals surface area contributed by atoms with Crippen molar-refractivity contribution in [2.24, 2.45) is 0 Å². The number of aryl methyl sites for hydroxylation is 2. The Morgan fingerprint density at radius 1 is 1.33 bits per heavy atom. The highest BCUT2D eigenvalue weighted by atomic mass is 14.9. The predicted molar refractivity (Wildman–Crippen MR) is 65.3 cm³/mol. The third-order valence-electron chi connectivity index (χ3n) is 3.37. The molecule has 1 atom stereocenters. The Hall–Kier alpha value is -0.820. The van der Waals surface area contributed by atoms with Crippen molar-refractivity contribution < 1.29 is 0 Å². The van der Waals surface area contributed by atoms with Gasteiger partial charge >= 0.3 is 0 Å². The van der Waals surface area contributed by atoms with Crippen LogP contribution < -0.4 is 5.32 Å². The lowest BCUT2D eigenvalue weighted by Crippen LogP contribution is -2.24. The van der Waals surface area contributed by atoms with E-state index < -0.39 is 0 Å². The molecule has 15 heavy (non-hydrogen) atoms. The summed E-state index contributed by atoms with van der Waals surface area (Å²) in [4.78, 5) is 0. The molecule has 82 valence electrons. The lowest BCUT2D eigenvalue weighted by Gasteiger charge is -2.14. The van der Waals surface area contributed by atoms with Crippen molar-refractivity contribution in [3.05, 3.63) is 34.9 Å². The van der Waals surface area contributed by atoms with Crippen molar-refractivity contribution in [3.8, 4) is 0 Å². The van der Waals surface area contributed by atoms with Crippen molar-refractivity contribution in [1.82, 2.24) is 5.32 Å².